The molecule has 0 spiro atoms. The molecule has 1 unspecified atom stereocenters. The number of hydrogen-bond donors (Lipinski definition) is 0. The van der Waals surface area contributed by atoms with Crippen molar-refractivity contribution in [2.24, 2.45) is 0 Å². The van der Waals surface area contributed by atoms with Crippen molar-refractivity contribution in [3.8, 4) is 0 Å². The van der Waals surface area contributed by atoms with Gasteiger partial charge in [0.1, 0.15) is 0 Å². The molecule has 0 aromatic heterocycles. The van der Waals surface area contributed by atoms with Crippen LogP contribution in [0.4, 0.5) is 0 Å². The molecular weight excluding hydrogens is 280 g/mol. The van der Waals surface area contributed by atoms with Gasteiger partial charge < -0.3 is 0 Å². The average Bonchev–Trinajstić information content (AvgIpc) is 2.51. The third-order valence-corrected chi connectivity index (χ3v) is 4.90. The smallest absolute Gasteiger partial charge is 0.0406 e. The van der Waals surface area contributed by atoms with E-state index in [1.54, 1.807) is 0 Å². The van der Waals surface area contributed by atoms with Gasteiger partial charge in [-0.3, -0.25) is 9.80 Å². The van der Waals surface area contributed by atoms with Crippen LogP contribution < -0.4 is 0 Å². The Labute approximate surface area is 132 Å². The van der Waals surface area contributed by atoms with Crippen molar-refractivity contribution in [2.75, 3.05) is 26.2 Å². The van der Waals surface area contributed by atoms with Crippen LogP contribution in [0.1, 0.15) is 18.9 Å². The third kappa shape index (κ3) is 3.57. The molecule has 2 aliphatic rings. The summed E-state index contributed by atoms with van der Waals surface area (Å²) >= 11 is 5.94. The van der Waals surface area contributed by atoms with Gasteiger partial charge >= 0.3 is 0 Å². The highest BCUT2D eigenvalue weighted by atomic mass is 35.5. The Kier molecular flexibility index (Phi) is 4.48. The van der Waals surface area contributed by atoms with Crippen LogP contribution in [-0.2, 0) is 6.54 Å². The summed E-state index contributed by atoms with van der Waals surface area (Å²) in [7, 11) is 0. The molecule has 1 aromatic rings. The predicted molar refractivity (Wildman–Crippen MR) is 89.6 cm³/mol. The van der Waals surface area contributed by atoms with Crippen LogP contribution in [-0.4, -0.2) is 41.5 Å². The summed E-state index contributed by atoms with van der Waals surface area (Å²) in [6.45, 7) is 7.93. The Morgan fingerprint density at radius 2 is 1.76 bits per heavy atom. The third-order valence-electron chi connectivity index (χ3n) is 4.65. The summed E-state index contributed by atoms with van der Waals surface area (Å²) in [5.74, 6) is 0. The fraction of sp³-hybridized carbons (Fsp3) is 0.444. The summed E-state index contributed by atoms with van der Waals surface area (Å²) in [6.07, 6.45) is 10.1. The van der Waals surface area contributed by atoms with Gasteiger partial charge in [-0.2, -0.15) is 0 Å². The number of piperazine rings is 1. The van der Waals surface area contributed by atoms with Crippen molar-refractivity contribution in [2.45, 2.75) is 25.4 Å². The van der Waals surface area contributed by atoms with E-state index in [9.17, 15) is 0 Å². The Hall–Kier alpha value is -1.09. The lowest BCUT2D eigenvalue weighted by Crippen LogP contribution is -2.54. The molecule has 1 heterocycles. The number of nitrogens with zero attached hydrogens (tertiary/aromatic N) is 2. The van der Waals surface area contributed by atoms with Gasteiger partial charge in [-0.25, -0.2) is 0 Å². The molecule has 1 atom stereocenters. The monoisotopic (exact) mass is 302 g/mol. The normalized spacial score (nSPS) is 27.1. The first-order valence-corrected chi connectivity index (χ1v) is 8.10. The van der Waals surface area contributed by atoms with Crippen molar-refractivity contribution < 1.29 is 0 Å². The van der Waals surface area contributed by atoms with E-state index in [-0.39, 0.29) is 5.54 Å². The second kappa shape index (κ2) is 6.35. The molecule has 0 bridgehead atoms. The first kappa shape index (κ1) is 14.8. The van der Waals surface area contributed by atoms with Crippen molar-refractivity contribution in [1.29, 1.82) is 0 Å². The van der Waals surface area contributed by atoms with E-state index in [4.69, 9.17) is 11.6 Å². The van der Waals surface area contributed by atoms with Gasteiger partial charge in [0.2, 0.25) is 0 Å². The van der Waals surface area contributed by atoms with Gasteiger partial charge in [-0.05, 0) is 31.0 Å². The maximum atomic E-state index is 5.94. The molecule has 0 amide bonds. The minimum absolute atomic E-state index is 0.209. The zero-order valence-electron chi connectivity index (χ0n) is 12.6. The Balaban J connectivity index is 1.54. The van der Waals surface area contributed by atoms with Crippen LogP contribution in [0.15, 0.2) is 48.6 Å². The molecule has 112 valence electrons. The highest BCUT2D eigenvalue weighted by Crippen LogP contribution is 2.26. The molecule has 1 aliphatic carbocycles. The predicted octanol–water partition coefficient (Wildman–Crippen LogP) is 3.73. The highest BCUT2D eigenvalue weighted by Gasteiger charge is 2.31. The Bertz CT molecular complexity index is 527. The molecule has 0 N–H and O–H groups in total. The molecule has 0 radical (unpaired) electrons. The van der Waals surface area contributed by atoms with Gasteiger partial charge in [0.25, 0.3) is 0 Å². The average molecular weight is 303 g/mol. The van der Waals surface area contributed by atoms with Crippen molar-refractivity contribution >= 4 is 11.6 Å². The molecule has 1 fully saturated rings. The number of halogens is 1. The van der Waals surface area contributed by atoms with Gasteiger partial charge in [-0.1, -0.05) is 48.0 Å². The molecule has 3 heteroatoms. The van der Waals surface area contributed by atoms with E-state index in [1.807, 2.05) is 12.1 Å². The fourth-order valence-electron chi connectivity index (χ4n) is 3.22. The van der Waals surface area contributed by atoms with Gasteiger partial charge in [-0.15, -0.1) is 0 Å². The standard InChI is InChI=1S/C18H23ClN2/c1-18(9-3-2-4-10-18)21-13-11-20(12-14-21)15-16-5-7-17(19)8-6-16/h2-9H,10-15H2,1H3. The molecule has 1 aromatic carbocycles. The lowest BCUT2D eigenvalue weighted by atomic mass is 9.91. The summed E-state index contributed by atoms with van der Waals surface area (Å²) in [6, 6.07) is 8.22. The Morgan fingerprint density at radius 3 is 2.38 bits per heavy atom. The summed E-state index contributed by atoms with van der Waals surface area (Å²) in [5, 5.41) is 0.814. The maximum Gasteiger partial charge on any atom is 0.0406 e. The number of benzene rings is 1. The van der Waals surface area contributed by atoms with E-state index < -0.39 is 0 Å². The maximum absolute atomic E-state index is 5.94. The molecule has 21 heavy (non-hydrogen) atoms. The zero-order valence-corrected chi connectivity index (χ0v) is 13.4. The van der Waals surface area contributed by atoms with Gasteiger partial charge in [0.05, 0.1) is 0 Å². The first-order valence-electron chi connectivity index (χ1n) is 7.72. The van der Waals surface area contributed by atoms with Crippen LogP contribution in [0.5, 0.6) is 0 Å². The molecule has 1 saturated heterocycles. The van der Waals surface area contributed by atoms with Crippen LogP contribution in [0.2, 0.25) is 5.02 Å². The Morgan fingerprint density at radius 1 is 1.05 bits per heavy atom. The molecule has 2 nitrogen and oxygen atoms in total. The van der Waals surface area contributed by atoms with Crippen LogP contribution in [0, 0.1) is 0 Å². The summed E-state index contributed by atoms with van der Waals surface area (Å²) in [4.78, 5) is 5.15. The van der Waals surface area contributed by atoms with E-state index in [1.165, 1.54) is 5.56 Å². The van der Waals surface area contributed by atoms with E-state index in [2.05, 4.69) is 53.2 Å². The topological polar surface area (TPSA) is 6.48 Å². The van der Waals surface area contributed by atoms with Crippen molar-refractivity contribution in [3.63, 3.8) is 0 Å². The number of hydrogen-bond acceptors (Lipinski definition) is 2. The van der Waals surface area contributed by atoms with Crippen LogP contribution in [0.3, 0.4) is 0 Å². The SMILES string of the molecule is CC1(N2CCN(Cc3ccc(Cl)cc3)CC2)C=CC=CC1. The lowest BCUT2D eigenvalue weighted by molar-refractivity contribution is 0.0650. The number of rotatable bonds is 3. The molecular formula is C18H23ClN2. The second-order valence-corrected chi connectivity index (χ2v) is 6.67. The second-order valence-electron chi connectivity index (χ2n) is 6.24. The van der Waals surface area contributed by atoms with Crippen LogP contribution in [0.25, 0.3) is 0 Å². The van der Waals surface area contributed by atoms with Crippen molar-refractivity contribution in [3.05, 3.63) is 59.2 Å². The van der Waals surface area contributed by atoms with Crippen LogP contribution >= 0.6 is 11.6 Å². The molecule has 3 rings (SSSR count). The zero-order chi connectivity index (χ0) is 14.7. The van der Waals surface area contributed by atoms with Gasteiger partial charge in [0.15, 0.2) is 0 Å². The largest absolute Gasteiger partial charge is 0.297 e. The minimum Gasteiger partial charge on any atom is -0.297 e. The lowest BCUT2D eigenvalue weighted by Gasteiger charge is -2.45. The summed E-state index contributed by atoms with van der Waals surface area (Å²) < 4.78 is 0. The number of allylic oxidation sites excluding steroid dienone is 2. The highest BCUT2D eigenvalue weighted by molar-refractivity contribution is 6.30. The van der Waals surface area contributed by atoms with E-state index in [0.29, 0.717) is 0 Å². The quantitative estimate of drug-likeness (QED) is 0.839. The van der Waals surface area contributed by atoms with E-state index >= 15 is 0 Å². The molecule has 0 saturated carbocycles. The van der Waals surface area contributed by atoms with Gasteiger partial charge in [0, 0.05) is 43.3 Å². The minimum atomic E-state index is 0.209. The van der Waals surface area contributed by atoms with Crippen molar-refractivity contribution in [1.82, 2.24) is 9.80 Å². The molecule has 1 aliphatic heterocycles. The first-order chi connectivity index (χ1) is 10.2. The van der Waals surface area contributed by atoms with E-state index in [0.717, 1.165) is 44.2 Å². The summed E-state index contributed by atoms with van der Waals surface area (Å²) in [5.41, 5.74) is 1.56. The fourth-order valence-corrected chi connectivity index (χ4v) is 3.34.